The van der Waals surface area contributed by atoms with Crippen LogP contribution in [0.25, 0.3) is 0 Å². The Balaban J connectivity index is 2.37. The molecule has 0 aromatic carbocycles. The molecular weight excluding hydrogens is 228 g/mol. The lowest BCUT2D eigenvalue weighted by Gasteiger charge is -2.57. The van der Waals surface area contributed by atoms with Gasteiger partial charge in [-0.15, -0.1) is 0 Å². The van der Waals surface area contributed by atoms with Gasteiger partial charge in [-0.1, -0.05) is 20.8 Å². The van der Waals surface area contributed by atoms with Crippen LogP contribution in [0.3, 0.4) is 0 Å². The number of aliphatic hydroxyl groups is 3. The Bertz CT molecular complexity index is 311. The first-order chi connectivity index (χ1) is 8.20. The van der Waals surface area contributed by atoms with Crippen molar-refractivity contribution < 1.29 is 15.3 Å². The van der Waals surface area contributed by atoms with E-state index in [2.05, 4.69) is 20.8 Å². The van der Waals surface area contributed by atoms with Gasteiger partial charge in [0.15, 0.2) is 0 Å². The van der Waals surface area contributed by atoms with Crippen molar-refractivity contribution in [3.05, 3.63) is 0 Å². The number of rotatable bonds is 1. The van der Waals surface area contributed by atoms with Gasteiger partial charge in [0.1, 0.15) is 0 Å². The van der Waals surface area contributed by atoms with E-state index in [1.54, 1.807) is 6.92 Å². The second kappa shape index (κ2) is 4.46. The summed E-state index contributed by atoms with van der Waals surface area (Å²) in [5.74, 6) is 0.749. The number of hydrogen-bond acceptors (Lipinski definition) is 3. The van der Waals surface area contributed by atoms with Crippen LogP contribution in [0.4, 0.5) is 0 Å². The molecule has 106 valence electrons. The largest absolute Gasteiger partial charge is 0.390 e. The van der Waals surface area contributed by atoms with E-state index in [0.717, 1.165) is 12.8 Å². The van der Waals surface area contributed by atoms with E-state index in [1.165, 1.54) is 0 Å². The second-order valence-corrected chi connectivity index (χ2v) is 7.21. The van der Waals surface area contributed by atoms with Crippen LogP contribution in [0.5, 0.6) is 0 Å². The van der Waals surface area contributed by atoms with Crippen LogP contribution < -0.4 is 0 Å². The fourth-order valence-corrected chi connectivity index (χ4v) is 4.23. The molecule has 0 amide bonds. The van der Waals surface area contributed by atoms with Crippen molar-refractivity contribution in [1.82, 2.24) is 0 Å². The lowest BCUT2D eigenvalue weighted by Crippen LogP contribution is -2.65. The minimum Gasteiger partial charge on any atom is -0.390 e. The molecule has 0 aliphatic heterocycles. The third kappa shape index (κ3) is 2.00. The quantitative estimate of drug-likeness (QED) is 0.672. The first-order valence-corrected chi connectivity index (χ1v) is 7.33. The lowest BCUT2D eigenvalue weighted by atomic mass is 9.53. The molecule has 6 atom stereocenters. The molecule has 0 aromatic heterocycles. The van der Waals surface area contributed by atoms with E-state index >= 15 is 0 Å². The van der Waals surface area contributed by atoms with Gasteiger partial charge in [0.05, 0.1) is 17.3 Å². The van der Waals surface area contributed by atoms with Crippen LogP contribution in [-0.2, 0) is 0 Å². The van der Waals surface area contributed by atoms with Crippen LogP contribution >= 0.6 is 0 Å². The van der Waals surface area contributed by atoms with Crippen molar-refractivity contribution in [3.63, 3.8) is 0 Å². The van der Waals surface area contributed by atoms with Gasteiger partial charge in [-0.3, -0.25) is 0 Å². The summed E-state index contributed by atoms with van der Waals surface area (Å²) in [6.07, 6.45) is 2.33. The Morgan fingerprint density at radius 3 is 2.28 bits per heavy atom. The van der Waals surface area contributed by atoms with Gasteiger partial charge in [-0.2, -0.15) is 0 Å². The first-order valence-electron chi connectivity index (χ1n) is 7.33. The summed E-state index contributed by atoms with van der Waals surface area (Å²) in [7, 11) is 0. The summed E-state index contributed by atoms with van der Waals surface area (Å²) >= 11 is 0. The van der Waals surface area contributed by atoms with Crippen LogP contribution in [0.15, 0.2) is 0 Å². The van der Waals surface area contributed by atoms with Gasteiger partial charge in [-0.05, 0) is 50.4 Å². The average molecular weight is 256 g/mol. The minimum absolute atomic E-state index is 0.190. The zero-order valence-corrected chi connectivity index (χ0v) is 12.1. The summed E-state index contributed by atoms with van der Waals surface area (Å²) in [4.78, 5) is 0. The molecule has 0 spiro atoms. The Morgan fingerprint density at radius 1 is 1.11 bits per heavy atom. The summed E-state index contributed by atoms with van der Waals surface area (Å²) in [5.41, 5.74) is -1.85. The van der Waals surface area contributed by atoms with E-state index in [1.807, 2.05) is 0 Å². The lowest BCUT2D eigenvalue weighted by molar-refractivity contribution is -0.236. The Kier molecular flexibility index (Phi) is 3.54. The highest BCUT2D eigenvalue weighted by molar-refractivity contribution is 5.09. The molecule has 0 aromatic rings. The summed E-state index contributed by atoms with van der Waals surface area (Å²) in [6, 6.07) is 0. The molecule has 0 bridgehead atoms. The molecule has 3 nitrogen and oxygen atoms in total. The molecule has 3 N–H and O–H groups in total. The van der Waals surface area contributed by atoms with Crippen molar-refractivity contribution in [2.24, 2.45) is 23.7 Å². The molecule has 0 unspecified atom stereocenters. The van der Waals surface area contributed by atoms with E-state index in [0.29, 0.717) is 24.7 Å². The normalized spacial score (nSPS) is 53.3. The van der Waals surface area contributed by atoms with E-state index in [-0.39, 0.29) is 11.8 Å². The third-order valence-electron chi connectivity index (χ3n) is 5.69. The van der Waals surface area contributed by atoms with Crippen LogP contribution in [-0.4, -0.2) is 32.6 Å². The average Bonchev–Trinajstić information content (AvgIpc) is 2.27. The van der Waals surface area contributed by atoms with Crippen LogP contribution in [0.1, 0.15) is 53.4 Å². The Morgan fingerprint density at radius 2 is 1.72 bits per heavy atom. The highest BCUT2D eigenvalue weighted by atomic mass is 16.3. The molecule has 2 saturated carbocycles. The van der Waals surface area contributed by atoms with Crippen molar-refractivity contribution in [2.45, 2.75) is 70.7 Å². The fraction of sp³-hybridized carbons (Fsp3) is 1.00. The zero-order chi connectivity index (χ0) is 13.7. The van der Waals surface area contributed by atoms with E-state index in [9.17, 15) is 15.3 Å². The molecule has 0 heterocycles. The molecule has 2 aliphatic rings. The molecule has 2 rings (SSSR count). The molecule has 18 heavy (non-hydrogen) atoms. The smallest absolute Gasteiger partial charge is 0.0882 e. The number of hydrogen-bond donors (Lipinski definition) is 3. The van der Waals surface area contributed by atoms with Gasteiger partial charge < -0.3 is 15.3 Å². The maximum absolute atomic E-state index is 11.0. The van der Waals surface area contributed by atoms with E-state index in [4.69, 9.17) is 0 Å². The van der Waals surface area contributed by atoms with E-state index < -0.39 is 17.3 Å². The SMILES string of the molecule is CC(C)[C@@H]1CC[C@@H](C)[C@]2(O)CC[C@@](C)(O)[C@@H](O)[C@@H]12. The fourth-order valence-electron chi connectivity index (χ4n) is 4.23. The van der Waals surface area contributed by atoms with Gasteiger partial charge >= 0.3 is 0 Å². The maximum atomic E-state index is 11.0. The van der Waals surface area contributed by atoms with Gasteiger partial charge in [0.2, 0.25) is 0 Å². The first kappa shape index (κ1) is 14.3. The van der Waals surface area contributed by atoms with Crippen molar-refractivity contribution >= 4 is 0 Å². The summed E-state index contributed by atoms with van der Waals surface area (Å²) in [6.45, 7) is 8.08. The predicted octanol–water partition coefficient (Wildman–Crippen LogP) is 1.94. The van der Waals surface area contributed by atoms with Gasteiger partial charge in [0.25, 0.3) is 0 Å². The minimum atomic E-state index is -1.05. The van der Waals surface area contributed by atoms with Crippen molar-refractivity contribution in [3.8, 4) is 0 Å². The molecule has 0 radical (unpaired) electrons. The standard InChI is InChI=1S/C15H28O3/c1-9(2)11-6-5-10(3)15(18)8-7-14(4,17)13(16)12(11)15/h9-13,16-18H,5-8H2,1-4H3/t10-,11+,12-,13+,14-,15-/m1/s1. The van der Waals surface area contributed by atoms with Crippen molar-refractivity contribution in [2.75, 3.05) is 0 Å². The molecular formula is C15H28O3. The molecule has 0 saturated heterocycles. The van der Waals surface area contributed by atoms with Gasteiger partial charge in [0, 0.05) is 5.92 Å². The predicted molar refractivity (Wildman–Crippen MR) is 71.0 cm³/mol. The highest BCUT2D eigenvalue weighted by Gasteiger charge is 2.59. The Hall–Kier alpha value is -0.120. The molecule has 2 aliphatic carbocycles. The van der Waals surface area contributed by atoms with Crippen LogP contribution in [0.2, 0.25) is 0 Å². The zero-order valence-electron chi connectivity index (χ0n) is 12.1. The van der Waals surface area contributed by atoms with Gasteiger partial charge in [-0.25, -0.2) is 0 Å². The second-order valence-electron chi connectivity index (χ2n) is 7.21. The topological polar surface area (TPSA) is 60.7 Å². The van der Waals surface area contributed by atoms with Crippen molar-refractivity contribution in [1.29, 1.82) is 0 Å². The van der Waals surface area contributed by atoms with Crippen LogP contribution in [0, 0.1) is 23.7 Å². The number of aliphatic hydroxyl groups excluding tert-OH is 1. The molecule has 2 fully saturated rings. The highest BCUT2D eigenvalue weighted by Crippen LogP contribution is 2.53. The third-order valence-corrected chi connectivity index (χ3v) is 5.69. The molecule has 3 heteroatoms. The number of fused-ring (bicyclic) bond motifs is 1. The maximum Gasteiger partial charge on any atom is 0.0882 e. The summed E-state index contributed by atoms with van der Waals surface area (Å²) < 4.78 is 0. The summed E-state index contributed by atoms with van der Waals surface area (Å²) in [5, 5.41) is 31.9. The Labute approximate surface area is 110 Å². The monoisotopic (exact) mass is 256 g/mol.